The van der Waals surface area contributed by atoms with Crippen LogP contribution in [-0.4, -0.2) is 31.6 Å². The van der Waals surface area contributed by atoms with Gasteiger partial charge in [-0.1, -0.05) is 35.5 Å². The van der Waals surface area contributed by atoms with Gasteiger partial charge in [-0.15, -0.1) is 5.10 Å². The van der Waals surface area contributed by atoms with Crippen LogP contribution in [-0.2, 0) is 6.54 Å². The fourth-order valence-electron chi connectivity index (χ4n) is 1.88. The minimum atomic E-state index is 0.479. The van der Waals surface area contributed by atoms with Crippen LogP contribution in [0.15, 0.2) is 36.7 Å². The molecule has 0 fully saturated rings. The Labute approximate surface area is 110 Å². The van der Waals surface area contributed by atoms with E-state index in [1.54, 1.807) is 4.68 Å². The van der Waals surface area contributed by atoms with Gasteiger partial charge in [-0.25, -0.2) is 9.67 Å². The Morgan fingerprint density at radius 2 is 2.00 bits per heavy atom. The summed E-state index contributed by atoms with van der Waals surface area (Å²) in [6, 6.07) is 10.1. The van der Waals surface area contributed by atoms with Gasteiger partial charge in [-0.2, -0.15) is 4.98 Å². The number of nitrogens with zero attached hydrogens (tertiary/aromatic N) is 5. The molecule has 0 unspecified atom stereocenters. The van der Waals surface area contributed by atoms with Crippen molar-refractivity contribution in [3.63, 3.8) is 0 Å². The molecule has 0 saturated carbocycles. The Hall–Kier alpha value is -2.50. The van der Waals surface area contributed by atoms with Gasteiger partial charge in [0.2, 0.25) is 5.88 Å². The number of benzene rings is 1. The lowest BCUT2D eigenvalue weighted by atomic mass is 10.2. The molecule has 0 aliphatic carbocycles. The second-order valence-corrected chi connectivity index (χ2v) is 4.02. The normalized spacial score (nSPS) is 10.8. The molecule has 0 radical (unpaired) electrons. The Balaban J connectivity index is 1.99. The van der Waals surface area contributed by atoms with Crippen LogP contribution >= 0.6 is 0 Å². The molecular weight excluding hydrogens is 242 g/mol. The molecule has 0 atom stereocenters. The Morgan fingerprint density at radius 1 is 1.16 bits per heavy atom. The third kappa shape index (κ3) is 2.24. The molecule has 0 N–H and O–H groups in total. The third-order valence-electron chi connectivity index (χ3n) is 2.72. The minimum absolute atomic E-state index is 0.479. The molecule has 0 aliphatic heterocycles. The van der Waals surface area contributed by atoms with E-state index in [0.29, 0.717) is 30.2 Å². The van der Waals surface area contributed by atoms with Gasteiger partial charge in [0.25, 0.3) is 0 Å². The maximum Gasteiger partial charge on any atom is 0.247 e. The highest BCUT2D eigenvalue weighted by Gasteiger charge is 2.12. The van der Waals surface area contributed by atoms with Crippen molar-refractivity contribution in [1.82, 2.24) is 25.0 Å². The van der Waals surface area contributed by atoms with Crippen LogP contribution in [0.2, 0.25) is 0 Å². The molecule has 0 amide bonds. The van der Waals surface area contributed by atoms with Gasteiger partial charge in [0, 0.05) is 0 Å². The summed E-state index contributed by atoms with van der Waals surface area (Å²) in [6.07, 6.45) is 1.47. The van der Waals surface area contributed by atoms with Crippen molar-refractivity contribution in [3.8, 4) is 5.88 Å². The zero-order valence-electron chi connectivity index (χ0n) is 10.5. The molecule has 96 valence electrons. The molecule has 0 aliphatic rings. The molecule has 0 spiro atoms. The Bertz CT molecular complexity index is 680. The van der Waals surface area contributed by atoms with Crippen molar-refractivity contribution in [2.75, 3.05) is 6.61 Å². The number of fused-ring (bicyclic) bond motifs is 1. The van der Waals surface area contributed by atoms with E-state index < -0.39 is 0 Å². The Morgan fingerprint density at radius 3 is 2.79 bits per heavy atom. The number of hydrogen-bond donors (Lipinski definition) is 0. The van der Waals surface area contributed by atoms with Crippen LogP contribution in [0.5, 0.6) is 5.88 Å². The van der Waals surface area contributed by atoms with Crippen LogP contribution in [0.1, 0.15) is 12.5 Å². The summed E-state index contributed by atoms with van der Waals surface area (Å²) >= 11 is 0. The SMILES string of the molecule is CCOc1ncnc2c1nnn2Cc1ccccc1. The summed E-state index contributed by atoms with van der Waals surface area (Å²) in [5, 5.41) is 8.21. The molecule has 6 nitrogen and oxygen atoms in total. The summed E-state index contributed by atoms with van der Waals surface area (Å²) < 4.78 is 7.16. The quantitative estimate of drug-likeness (QED) is 0.709. The first kappa shape index (κ1) is 11.6. The highest BCUT2D eigenvalue weighted by molar-refractivity contribution is 5.74. The molecule has 2 aromatic heterocycles. The number of aromatic nitrogens is 5. The molecule has 3 aromatic rings. The predicted molar refractivity (Wildman–Crippen MR) is 69.8 cm³/mol. The summed E-state index contributed by atoms with van der Waals surface area (Å²) in [5.41, 5.74) is 2.42. The average molecular weight is 255 g/mol. The van der Waals surface area contributed by atoms with Crippen molar-refractivity contribution in [2.24, 2.45) is 0 Å². The van der Waals surface area contributed by atoms with Crippen molar-refractivity contribution in [2.45, 2.75) is 13.5 Å². The topological polar surface area (TPSA) is 65.7 Å². The maximum absolute atomic E-state index is 5.42. The minimum Gasteiger partial charge on any atom is -0.476 e. The van der Waals surface area contributed by atoms with Crippen molar-refractivity contribution >= 4 is 11.2 Å². The lowest BCUT2D eigenvalue weighted by Gasteiger charge is -2.03. The van der Waals surface area contributed by atoms with Crippen molar-refractivity contribution in [3.05, 3.63) is 42.2 Å². The number of hydrogen-bond acceptors (Lipinski definition) is 5. The third-order valence-corrected chi connectivity index (χ3v) is 2.72. The highest BCUT2D eigenvalue weighted by atomic mass is 16.5. The molecule has 0 bridgehead atoms. The molecule has 1 aromatic carbocycles. The zero-order valence-corrected chi connectivity index (χ0v) is 10.5. The fraction of sp³-hybridized carbons (Fsp3) is 0.231. The molecule has 3 rings (SSSR count). The van der Waals surface area contributed by atoms with E-state index in [1.165, 1.54) is 6.33 Å². The predicted octanol–water partition coefficient (Wildman–Crippen LogP) is 1.67. The van der Waals surface area contributed by atoms with E-state index in [9.17, 15) is 0 Å². The summed E-state index contributed by atoms with van der Waals surface area (Å²) in [7, 11) is 0. The summed E-state index contributed by atoms with van der Waals surface area (Å²) in [4.78, 5) is 8.29. The van der Waals surface area contributed by atoms with Crippen LogP contribution in [0, 0.1) is 0 Å². The second kappa shape index (κ2) is 5.01. The van der Waals surface area contributed by atoms with Gasteiger partial charge in [0.15, 0.2) is 11.2 Å². The maximum atomic E-state index is 5.42. The van der Waals surface area contributed by atoms with Crippen molar-refractivity contribution in [1.29, 1.82) is 0 Å². The van der Waals surface area contributed by atoms with Crippen LogP contribution < -0.4 is 4.74 Å². The molecule has 0 saturated heterocycles. The van der Waals surface area contributed by atoms with Gasteiger partial charge in [-0.05, 0) is 12.5 Å². The second-order valence-electron chi connectivity index (χ2n) is 4.02. The zero-order chi connectivity index (χ0) is 13.1. The molecule has 19 heavy (non-hydrogen) atoms. The van der Waals surface area contributed by atoms with Gasteiger partial charge in [-0.3, -0.25) is 0 Å². The van der Waals surface area contributed by atoms with E-state index in [2.05, 4.69) is 20.3 Å². The standard InChI is InChI=1S/C13H13N5O/c1-2-19-13-11-12(14-9-15-13)18(17-16-11)8-10-6-4-3-5-7-10/h3-7,9H,2,8H2,1H3. The average Bonchev–Trinajstić information content (AvgIpc) is 2.85. The smallest absolute Gasteiger partial charge is 0.247 e. The van der Waals surface area contributed by atoms with E-state index in [4.69, 9.17) is 4.74 Å². The van der Waals surface area contributed by atoms with Crippen LogP contribution in [0.4, 0.5) is 0 Å². The lowest BCUT2D eigenvalue weighted by Crippen LogP contribution is -2.03. The molecular formula is C13H13N5O. The van der Waals surface area contributed by atoms with Crippen LogP contribution in [0.3, 0.4) is 0 Å². The summed E-state index contributed by atoms with van der Waals surface area (Å²) in [6.45, 7) is 3.07. The van der Waals surface area contributed by atoms with E-state index >= 15 is 0 Å². The molecule has 6 heteroatoms. The first-order valence-electron chi connectivity index (χ1n) is 6.09. The fourth-order valence-corrected chi connectivity index (χ4v) is 1.88. The van der Waals surface area contributed by atoms with Gasteiger partial charge in [0.05, 0.1) is 13.2 Å². The monoisotopic (exact) mass is 255 g/mol. The summed E-state index contributed by atoms with van der Waals surface area (Å²) in [5.74, 6) is 0.479. The highest BCUT2D eigenvalue weighted by Crippen LogP contribution is 2.18. The first-order valence-corrected chi connectivity index (χ1v) is 6.09. The largest absolute Gasteiger partial charge is 0.476 e. The van der Waals surface area contributed by atoms with E-state index in [1.807, 2.05) is 37.3 Å². The van der Waals surface area contributed by atoms with Gasteiger partial charge in [0.1, 0.15) is 6.33 Å². The number of rotatable bonds is 4. The van der Waals surface area contributed by atoms with Gasteiger partial charge >= 0.3 is 0 Å². The lowest BCUT2D eigenvalue weighted by molar-refractivity contribution is 0.330. The van der Waals surface area contributed by atoms with Crippen LogP contribution in [0.25, 0.3) is 11.2 Å². The molecule has 2 heterocycles. The van der Waals surface area contributed by atoms with Gasteiger partial charge < -0.3 is 4.74 Å². The van der Waals surface area contributed by atoms with E-state index in [0.717, 1.165) is 5.56 Å². The van der Waals surface area contributed by atoms with Crippen molar-refractivity contribution < 1.29 is 4.74 Å². The first-order chi connectivity index (χ1) is 9.38. The Kier molecular flexibility index (Phi) is 3.06. The van der Waals surface area contributed by atoms with E-state index in [-0.39, 0.29) is 0 Å². The number of ether oxygens (including phenoxy) is 1.